The van der Waals surface area contributed by atoms with Crippen LogP contribution in [0.2, 0.25) is 0 Å². The van der Waals surface area contributed by atoms with E-state index < -0.39 is 0 Å². The number of ether oxygens (including phenoxy) is 1. The fourth-order valence-electron chi connectivity index (χ4n) is 1.91. The molecule has 1 atom stereocenters. The van der Waals surface area contributed by atoms with Gasteiger partial charge in [0.25, 0.3) is 0 Å². The maximum atomic E-state index is 5.70. The first-order valence-electron chi connectivity index (χ1n) is 5.92. The molecule has 0 aliphatic carbocycles. The van der Waals surface area contributed by atoms with E-state index in [0.29, 0.717) is 5.92 Å². The normalized spacial score (nSPS) is 18.7. The van der Waals surface area contributed by atoms with Gasteiger partial charge >= 0.3 is 0 Å². The van der Waals surface area contributed by atoms with Crippen LogP contribution in [-0.2, 0) is 4.74 Å². The monoisotopic (exact) mass is 237 g/mol. The van der Waals surface area contributed by atoms with E-state index in [9.17, 15) is 0 Å². The minimum atomic E-state index is 0.586. The minimum absolute atomic E-state index is 0.586. The highest BCUT2D eigenvalue weighted by Crippen LogP contribution is 2.39. The zero-order chi connectivity index (χ0) is 11.2. The molecule has 2 nitrogen and oxygen atoms in total. The van der Waals surface area contributed by atoms with Gasteiger partial charge in [0, 0.05) is 23.1 Å². The van der Waals surface area contributed by atoms with Gasteiger partial charge < -0.3 is 10.1 Å². The van der Waals surface area contributed by atoms with Crippen molar-refractivity contribution in [1.82, 2.24) is 5.32 Å². The Morgan fingerprint density at radius 1 is 1.44 bits per heavy atom. The zero-order valence-corrected chi connectivity index (χ0v) is 10.6. The largest absolute Gasteiger partial charge is 0.379 e. The number of nitrogens with one attached hydrogen (secondary N) is 1. The first kappa shape index (κ1) is 12.0. The van der Waals surface area contributed by atoms with E-state index in [1.165, 1.54) is 16.2 Å². The van der Waals surface area contributed by atoms with Crippen molar-refractivity contribution in [1.29, 1.82) is 0 Å². The predicted molar refractivity (Wildman–Crippen MR) is 69.3 cm³/mol. The van der Waals surface area contributed by atoms with Gasteiger partial charge in [-0.25, -0.2) is 0 Å². The average Bonchev–Trinajstić information content (AvgIpc) is 2.73. The van der Waals surface area contributed by atoms with Crippen molar-refractivity contribution in [2.45, 2.75) is 17.7 Å². The average molecular weight is 237 g/mol. The summed E-state index contributed by atoms with van der Waals surface area (Å²) >= 11 is 1.95. The molecule has 0 saturated heterocycles. The third-order valence-corrected chi connectivity index (χ3v) is 4.04. The van der Waals surface area contributed by atoms with Crippen molar-refractivity contribution in [2.24, 2.45) is 0 Å². The van der Waals surface area contributed by atoms with Crippen molar-refractivity contribution >= 4 is 11.8 Å². The van der Waals surface area contributed by atoms with Crippen molar-refractivity contribution < 1.29 is 4.74 Å². The third kappa shape index (κ3) is 3.00. The summed E-state index contributed by atoms with van der Waals surface area (Å²) in [5.74, 6) is 1.75. The van der Waals surface area contributed by atoms with E-state index in [0.717, 1.165) is 26.3 Å². The number of rotatable bonds is 6. The number of hydrogen-bond acceptors (Lipinski definition) is 3. The van der Waals surface area contributed by atoms with Gasteiger partial charge in [0.05, 0.1) is 13.2 Å². The molecule has 1 heterocycles. The standard InChI is InChI=1S/C13H19NOS/c1-2-14-7-8-15-9-11-10-16-13-6-4-3-5-12(11)13/h3-6,11,14H,2,7-10H2,1H3. The lowest BCUT2D eigenvalue weighted by Gasteiger charge is -2.11. The van der Waals surface area contributed by atoms with Crippen LogP contribution in [0.5, 0.6) is 0 Å². The van der Waals surface area contributed by atoms with Gasteiger partial charge in [0.1, 0.15) is 0 Å². The molecule has 0 spiro atoms. The van der Waals surface area contributed by atoms with Crippen LogP contribution in [0.15, 0.2) is 29.2 Å². The fourth-order valence-corrected chi connectivity index (χ4v) is 3.15. The molecule has 0 bridgehead atoms. The Morgan fingerprint density at radius 3 is 3.19 bits per heavy atom. The molecule has 16 heavy (non-hydrogen) atoms. The summed E-state index contributed by atoms with van der Waals surface area (Å²) in [4.78, 5) is 1.43. The molecule has 0 radical (unpaired) electrons. The molecule has 0 amide bonds. The Morgan fingerprint density at radius 2 is 2.31 bits per heavy atom. The molecule has 1 aliphatic rings. The van der Waals surface area contributed by atoms with E-state index in [2.05, 4.69) is 36.5 Å². The van der Waals surface area contributed by atoms with E-state index >= 15 is 0 Å². The molecule has 1 aliphatic heterocycles. The van der Waals surface area contributed by atoms with E-state index in [1.807, 2.05) is 11.8 Å². The second-order valence-corrected chi connectivity index (χ2v) is 5.04. The number of hydrogen-bond donors (Lipinski definition) is 1. The van der Waals surface area contributed by atoms with Crippen LogP contribution in [0, 0.1) is 0 Å². The summed E-state index contributed by atoms with van der Waals surface area (Å²) < 4.78 is 5.70. The van der Waals surface area contributed by atoms with Gasteiger partial charge in [-0.1, -0.05) is 25.1 Å². The molecule has 0 fully saturated rings. The van der Waals surface area contributed by atoms with Gasteiger partial charge in [0.15, 0.2) is 0 Å². The number of fused-ring (bicyclic) bond motifs is 1. The maximum absolute atomic E-state index is 5.70. The summed E-state index contributed by atoms with van der Waals surface area (Å²) in [6.07, 6.45) is 0. The first-order chi connectivity index (χ1) is 7.92. The summed E-state index contributed by atoms with van der Waals surface area (Å²) in [6.45, 7) is 5.76. The van der Waals surface area contributed by atoms with Crippen LogP contribution in [0.4, 0.5) is 0 Å². The first-order valence-corrected chi connectivity index (χ1v) is 6.90. The third-order valence-electron chi connectivity index (χ3n) is 2.79. The van der Waals surface area contributed by atoms with Gasteiger partial charge in [-0.15, -0.1) is 11.8 Å². The van der Waals surface area contributed by atoms with Crippen LogP contribution < -0.4 is 5.32 Å². The Kier molecular flexibility index (Phi) is 4.69. The number of likely N-dealkylation sites (N-methyl/N-ethyl adjacent to an activating group) is 1. The highest BCUT2D eigenvalue weighted by molar-refractivity contribution is 7.99. The Labute approximate surface area is 102 Å². The highest BCUT2D eigenvalue weighted by atomic mass is 32.2. The van der Waals surface area contributed by atoms with E-state index in [1.54, 1.807) is 0 Å². The molecule has 1 N–H and O–H groups in total. The fraction of sp³-hybridized carbons (Fsp3) is 0.538. The summed E-state index contributed by atoms with van der Waals surface area (Å²) in [5, 5.41) is 3.26. The molecule has 1 aromatic rings. The smallest absolute Gasteiger partial charge is 0.0591 e. The van der Waals surface area contributed by atoms with E-state index in [4.69, 9.17) is 4.74 Å². The van der Waals surface area contributed by atoms with Crippen LogP contribution >= 0.6 is 11.8 Å². The summed E-state index contributed by atoms with van der Waals surface area (Å²) in [6, 6.07) is 8.67. The molecular formula is C13H19NOS. The van der Waals surface area contributed by atoms with Crippen molar-refractivity contribution in [3.63, 3.8) is 0 Å². The zero-order valence-electron chi connectivity index (χ0n) is 9.74. The van der Waals surface area contributed by atoms with Crippen LogP contribution in [0.3, 0.4) is 0 Å². The van der Waals surface area contributed by atoms with Gasteiger partial charge in [-0.2, -0.15) is 0 Å². The Balaban J connectivity index is 1.76. The lowest BCUT2D eigenvalue weighted by molar-refractivity contribution is 0.126. The Hall–Kier alpha value is -0.510. The van der Waals surface area contributed by atoms with Crippen molar-refractivity contribution in [3.8, 4) is 0 Å². The molecule has 0 aromatic heterocycles. The Bertz CT molecular complexity index is 329. The summed E-state index contributed by atoms with van der Waals surface area (Å²) in [7, 11) is 0. The minimum Gasteiger partial charge on any atom is -0.379 e. The van der Waals surface area contributed by atoms with Crippen molar-refractivity contribution in [2.75, 3.05) is 32.1 Å². The van der Waals surface area contributed by atoms with Crippen molar-refractivity contribution in [3.05, 3.63) is 29.8 Å². The molecule has 1 unspecified atom stereocenters. The molecular weight excluding hydrogens is 218 g/mol. The second kappa shape index (κ2) is 6.28. The molecule has 3 heteroatoms. The lowest BCUT2D eigenvalue weighted by atomic mass is 10.0. The van der Waals surface area contributed by atoms with Crippen LogP contribution in [0.1, 0.15) is 18.4 Å². The molecule has 1 aromatic carbocycles. The molecule has 88 valence electrons. The number of benzene rings is 1. The molecule has 2 rings (SSSR count). The highest BCUT2D eigenvalue weighted by Gasteiger charge is 2.22. The quantitative estimate of drug-likeness (QED) is 0.768. The second-order valence-electron chi connectivity index (χ2n) is 3.97. The maximum Gasteiger partial charge on any atom is 0.0591 e. The predicted octanol–water partition coefficient (Wildman–Crippen LogP) is 2.50. The van der Waals surface area contributed by atoms with Gasteiger partial charge in [-0.3, -0.25) is 0 Å². The topological polar surface area (TPSA) is 21.3 Å². The van der Waals surface area contributed by atoms with Gasteiger partial charge in [-0.05, 0) is 18.2 Å². The van der Waals surface area contributed by atoms with E-state index in [-0.39, 0.29) is 0 Å². The lowest BCUT2D eigenvalue weighted by Crippen LogP contribution is -2.20. The summed E-state index contributed by atoms with van der Waals surface area (Å²) in [5.41, 5.74) is 1.47. The number of thioether (sulfide) groups is 1. The SMILES string of the molecule is CCNCCOCC1CSc2ccccc21. The van der Waals surface area contributed by atoms with Crippen LogP contribution in [-0.4, -0.2) is 32.1 Å². The molecule has 0 saturated carbocycles. The van der Waals surface area contributed by atoms with Crippen LogP contribution in [0.25, 0.3) is 0 Å². The van der Waals surface area contributed by atoms with Gasteiger partial charge in [0.2, 0.25) is 0 Å².